The van der Waals surface area contributed by atoms with Crippen LogP contribution in [0.5, 0.6) is 11.5 Å². The summed E-state index contributed by atoms with van der Waals surface area (Å²) in [5.41, 5.74) is 2.09. The minimum Gasteiger partial charge on any atom is -0.508 e. The lowest BCUT2D eigenvalue weighted by Gasteiger charge is -2.47. The summed E-state index contributed by atoms with van der Waals surface area (Å²) in [7, 11) is 0. The van der Waals surface area contributed by atoms with Gasteiger partial charge in [0.05, 0.1) is 0 Å². The largest absolute Gasteiger partial charge is 0.508 e. The Hall–Kier alpha value is -2.79. The van der Waals surface area contributed by atoms with Crippen molar-refractivity contribution in [1.82, 2.24) is 4.90 Å². The third-order valence-corrected chi connectivity index (χ3v) is 5.39. The van der Waals surface area contributed by atoms with Gasteiger partial charge in [-0.05, 0) is 41.5 Å². The van der Waals surface area contributed by atoms with Gasteiger partial charge in [-0.25, -0.2) is 0 Å². The topological polar surface area (TPSA) is 49.8 Å². The number of carbonyl (C=O) groups is 1. The maximum atomic E-state index is 12.9. The zero-order chi connectivity index (χ0) is 18.8. The number of carbonyl (C=O) groups excluding carboxylic acids is 1. The van der Waals surface area contributed by atoms with Crippen molar-refractivity contribution in [2.45, 2.75) is 18.7 Å². The summed E-state index contributed by atoms with van der Waals surface area (Å²) in [5, 5.41) is 9.45. The Morgan fingerprint density at radius 1 is 0.926 bits per heavy atom. The van der Waals surface area contributed by atoms with Crippen LogP contribution in [0.1, 0.15) is 17.2 Å². The number of likely N-dealkylation sites (tertiary alicyclic amines) is 1. The quantitative estimate of drug-likeness (QED) is 0.605. The van der Waals surface area contributed by atoms with Crippen molar-refractivity contribution in [2.24, 2.45) is 0 Å². The van der Waals surface area contributed by atoms with Crippen LogP contribution in [0.15, 0.2) is 83.3 Å². The molecule has 136 valence electrons. The Balaban J connectivity index is 1.63. The molecule has 0 aliphatic carbocycles. The molecule has 4 nitrogen and oxygen atoms in total. The molecular weight excluding hydrogens is 406 g/mol. The van der Waals surface area contributed by atoms with Crippen LogP contribution < -0.4 is 4.74 Å². The number of benzene rings is 3. The van der Waals surface area contributed by atoms with Crippen molar-refractivity contribution in [1.29, 1.82) is 0 Å². The lowest BCUT2D eigenvalue weighted by molar-refractivity contribution is -0.165. The first-order valence-corrected chi connectivity index (χ1v) is 9.47. The Morgan fingerprint density at radius 3 is 2.30 bits per heavy atom. The fraction of sp³-hybridized carbons (Fsp3) is 0.136. The van der Waals surface area contributed by atoms with E-state index in [1.165, 1.54) is 0 Å². The van der Waals surface area contributed by atoms with Gasteiger partial charge in [0.2, 0.25) is 6.10 Å². The van der Waals surface area contributed by atoms with Gasteiger partial charge >= 0.3 is 0 Å². The summed E-state index contributed by atoms with van der Waals surface area (Å²) in [6, 6.07) is 24.0. The van der Waals surface area contributed by atoms with E-state index in [0.717, 1.165) is 15.6 Å². The molecule has 1 N–H and O–H groups in total. The highest BCUT2D eigenvalue weighted by atomic mass is 79.9. The second kappa shape index (κ2) is 7.45. The molecule has 1 aliphatic heterocycles. The molecule has 5 heteroatoms. The molecule has 3 aromatic rings. The van der Waals surface area contributed by atoms with Crippen molar-refractivity contribution in [3.63, 3.8) is 0 Å². The SMILES string of the molecule is O=C1[C@H](Oc2ccc(O)cc2)[C@H](c2ccccc2Br)N1Cc1ccccc1. The monoisotopic (exact) mass is 423 g/mol. The molecule has 3 aromatic carbocycles. The van der Waals surface area contributed by atoms with E-state index in [-0.39, 0.29) is 17.7 Å². The average Bonchev–Trinajstić information content (AvgIpc) is 2.70. The van der Waals surface area contributed by atoms with E-state index in [4.69, 9.17) is 4.74 Å². The minimum atomic E-state index is -0.600. The summed E-state index contributed by atoms with van der Waals surface area (Å²) >= 11 is 3.60. The molecule has 1 amide bonds. The van der Waals surface area contributed by atoms with E-state index in [2.05, 4.69) is 15.9 Å². The van der Waals surface area contributed by atoms with Crippen LogP contribution in [-0.4, -0.2) is 22.0 Å². The number of phenols is 1. The zero-order valence-electron chi connectivity index (χ0n) is 14.5. The number of rotatable bonds is 5. The second-order valence-corrected chi connectivity index (χ2v) is 7.30. The summed E-state index contributed by atoms with van der Waals surface area (Å²) in [4.78, 5) is 14.7. The molecule has 0 bridgehead atoms. The minimum absolute atomic E-state index is 0.0484. The molecule has 4 rings (SSSR count). The molecule has 27 heavy (non-hydrogen) atoms. The molecule has 0 radical (unpaired) electrons. The lowest BCUT2D eigenvalue weighted by atomic mass is 9.90. The van der Waals surface area contributed by atoms with Gasteiger partial charge in [0, 0.05) is 11.0 Å². The van der Waals surface area contributed by atoms with Gasteiger partial charge in [0.1, 0.15) is 17.5 Å². The van der Waals surface area contributed by atoms with Gasteiger partial charge in [0.25, 0.3) is 5.91 Å². The molecule has 0 saturated carbocycles. The second-order valence-electron chi connectivity index (χ2n) is 6.45. The van der Waals surface area contributed by atoms with Crippen LogP contribution in [0.3, 0.4) is 0 Å². The number of aromatic hydroxyl groups is 1. The van der Waals surface area contributed by atoms with Crippen molar-refractivity contribution in [3.8, 4) is 11.5 Å². The van der Waals surface area contributed by atoms with Crippen molar-refractivity contribution in [3.05, 3.63) is 94.5 Å². The Bertz CT molecular complexity index is 943. The van der Waals surface area contributed by atoms with Gasteiger partial charge in [-0.1, -0.05) is 64.5 Å². The van der Waals surface area contributed by atoms with Crippen molar-refractivity contribution in [2.75, 3.05) is 0 Å². The van der Waals surface area contributed by atoms with Gasteiger partial charge in [-0.15, -0.1) is 0 Å². The number of halogens is 1. The van der Waals surface area contributed by atoms with E-state index in [9.17, 15) is 9.90 Å². The van der Waals surface area contributed by atoms with E-state index < -0.39 is 6.10 Å². The number of ether oxygens (including phenoxy) is 1. The third-order valence-electron chi connectivity index (χ3n) is 4.67. The van der Waals surface area contributed by atoms with Gasteiger partial charge in [-0.2, -0.15) is 0 Å². The fourth-order valence-corrected chi connectivity index (χ4v) is 3.82. The number of β-lactam (4-membered cyclic amide) rings is 1. The van der Waals surface area contributed by atoms with Gasteiger partial charge in [-0.3, -0.25) is 4.79 Å². The van der Waals surface area contributed by atoms with Gasteiger partial charge in [0.15, 0.2) is 0 Å². The first-order chi connectivity index (χ1) is 13.1. The summed E-state index contributed by atoms with van der Waals surface area (Å²) < 4.78 is 6.93. The third kappa shape index (κ3) is 3.55. The van der Waals surface area contributed by atoms with E-state index >= 15 is 0 Å². The highest BCUT2D eigenvalue weighted by molar-refractivity contribution is 9.10. The average molecular weight is 424 g/mol. The molecular formula is C22H18BrNO3. The zero-order valence-corrected chi connectivity index (χ0v) is 16.0. The lowest BCUT2D eigenvalue weighted by Crippen LogP contribution is -2.60. The maximum Gasteiger partial charge on any atom is 0.267 e. The molecule has 1 saturated heterocycles. The normalized spacial score (nSPS) is 18.9. The van der Waals surface area contributed by atoms with E-state index in [1.54, 1.807) is 24.3 Å². The molecule has 0 unspecified atom stereocenters. The highest BCUT2D eigenvalue weighted by Crippen LogP contribution is 2.41. The van der Waals surface area contributed by atoms with Crippen LogP contribution in [0.4, 0.5) is 0 Å². The number of amides is 1. The number of hydrogen-bond donors (Lipinski definition) is 1. The molecule has 1 heterocycles. The predicted octanol–water partition coefficient (Wildman–Crippen LogP) is 4.69. The molecule has 0 aromatic heterocycles. The Labute approximate surface area is 166 Å². The van der Waals surface area contributed by atoms with Crippen LogP contribution >= 0.6 is 15.9 Å². The fourth-order valence-electron chi connectivity index (χ4n) is 3.31. The number of nitrogens with zero attached hydrogens (tertiary/aromatic N) is 1. The van der Waals surface area contributed by atoms with Crippen molar-refractivity contribution < 1.29 is 14.6 Å². The van der Waals surface area contributed by atoms with E-state index in [0.29, 0.717) is 12.3 Å². The maximum absolute atomic E-state index is 12.9. The van der Waals surface area contributed by atoms with Gasteiger partial charge < -0.3 is 14.7 Å². The molecule has 0 spiro atoms. The number of hydrogen-bond acceptors (Lipinski definition) is 3. The first-order valence-electron chi connectivity index (χ1n) is 8.68. The molecule has 1 aliphatic rings. The standard InChI is InChI=1S/C22H18BrNO3/c23-19-9-5-4-8-18(19)20-21(27-17-12-10-16(25)11-13-17)22(26)24(20)14-15-6-2-1-3-7-15/h1-13,20-21,25H,14H2/t20-,21+/m0/s1. The Morgan fingerprint density at radius 2 is 1.59 bits per heavy atom. The first kappa shape index (κ1) is 17.6. The van der Waals surface area contributed by atoms with E-state index in [1.807, 2.05) is 59.5 Å². The summed E-state index contributed by atoms with van der Waals surface area (Å²) in [6.07, 6.45) is -0.600. The highest BCUT2D eigenvalue weighted by Gasteiger charge is 2.50. The Kier molecular flexibility index (Phi) is 4.86. The predicted molar refractivity (Wildman–Crippen MR) is 106 cm³/mol. The van der Waals surface area contributed by atoms with Crippen LogP contribution in [0.2, 0.25) is 0 Å². The van der Waals surface area contributed by atoms with Crippen LogP contribution in [0, 0.1) is 0 Å². The van der Waals surface area contributed by atoms with Crippen LogP contribution in [0.25, 0.3) is 0 Å². The smallest absolute Gasteiger partial charge is 0.267 e. The van der Waals surface area contributed by atoms with Crippen LogP contribution in [-0.2, 0) is 11.3 Å². The molecule has 2 atom stereocenters. The summed E-state index contributed by atoms with van der Waals surface area (Å²) in [5.74, 6) is 0.672. The molecule has 1 fully saturated rings. The van der Waals surface area contributed by atoms with Crippen molar-refractivity contribution >= 4 is 21.8 Å². The number of phenolic OH excluding ortho intramolecular Hbond substituents is 1. The summed E-state index contributed by atoms with van der Waals surface area (Å²) in [6.45, 7) is 0.529.